The molecule has 0 radical (unpaired) electrons. The lowest BCUT2D eigenvalue weighted by atomic mass is 10.00. The number of hydrogen-bond donors (Lipinski definition) is 2. The Morgan fingerprint density at radius 1 is 1.17 bits per heavy atom. The third-order valence-electron chi connectivity index (χ3n) is 6.15. The van der Waals surface area contributed by atoms with Crippen molar-refractivity contribution in [2.24, 2.45) is 0 Å². The summed E-state index contributed by atoms with van der Waals surface area (Å²) in [5.74, 6) is -0.495. The number of halogens is 3. The minimum Gasteiger partial charge on any atom is -0.345 e. The zero-order valence-corrected chi connectivity index (χ0v) is 21.4. The SMILES string of the molecule is Cc1ccc(-c2cnc3[nH]cc(C(=O)c4c(Cl)ccc(NS(=O)(=O)N5CC[C@@H](F)C5)c4Cl)c3c2)cc1. The van der Waals surface area contributed by atoms with Gasteiger partial charge in [0.1, 0.15) is 11.8 Å². The van der Waals surface area contributed by atoms with Crippen LogP contribution in [-0.2, 0) is 10.2 Å². The quantitative estimate of drug-likeness (QED) is 0.300. The Balaban J connectivity index is 1.52. The molecule has 0 unspecified atom stereocenters. The molecule has 186 valence electrons. The highest BCUT2D eigenvalue weighted by Gasteiger charge is 2.32. The standard InChI is InChI=1S/C25H21Cl2FN4O3S/c1-14-2-4-15(5-3-14)16-10-18-19(12-30-25(18)29-11-16)24(33)22-20(26)6-7-21(23(22)27)31-36(34,35)32-9-8-17(28)13-32/h2-7,10-12,17,31H,8-9,13H2,1H3,(H,29,30)/t17-/m1/s1. The fourth-order valence-corrected chi connectivity index (χ4v) is 6.11. The van der Waals surface area contributed by atoms with Crippen LogP contribution in [0.25, 0.3) is 22.2 Å². The molecule has 2 N–H and O–H groups in total. The maximum atomic E-state index is 13.6. The number of pyridine rings is 1. The summed E-state index contributed by atoms with van der Waals surface area (Å²) in [6, 6.07) is 12.5. The topological polar surface area (TPSA) is 95.2 Å². The van der Waals surface area contributed by atoms with E-state index < -0.39 is 22.2 Å². The van der Waals surface area contributed by atoms with Crippen LogP contribution in [0.15, 0.2) is 54.9 Å². The number of hydrogen-bond acceptors (Lipinski definition) is 4. The van der Waals surface area contributed by atoms with Crippen molar-refractivity contribution < 1.29 is 17.6 Å². The van der Waals surface area contributed by atoms with Gasteiger partial charge in [-0.15, -0.1) is 0 Å². The number of benzene rings is 2. The average molecular weight is 547 g/mol. The van der Waals surface area contributed by atoms with Crippen molar-refractivity contribution in [3.8, 4) is 11.1 Å². The molecule has 0 spiro atoms. The van der Waals surface area contributed by atoms with E-state index in [0.717, 1.165) is 21.0 Å². The van der Waals surface area contributed by atoms with E-state index in [0.29, 0.717) is 11.0 Å². The largest absolute Gasteiger partial charge is 0.345 e. The van der Waals surface area contributed by atoms with Gasteiger partial charge in [-0.25, -0.2) is 9.37 Å². The normalized spacial score (nSPS) is 16.5. The molecule has 0 aliphatic carbocycles. The van der Waals surface area contributed by atoms with Gasteiger partial charge in [0.05, 0.1) is 21.3 Å². The van der Waals surface area contributed by atoms with Crippen LogP contribution in [-0.4, -0.2) is 47.7 Å². The molecule has 1 aliphatic heterocycles. The number of aromatic nitrogens is 2. The summed E-state index contributed by atoms with van der Waals surface area (Å²) in [5, 5.41) is 0.487. The first kappa shape index (κ1) is 24.7. The van der Waals surface area contributed by atoms with Crippen molar-refractivity contribution in [1.82, 2.24) is 14.3 Å². The van der Waals surface area contributed by atoms with E-state index in [1.807, 2.05) is 37.3 Å². The molecule has 5 rings (SSSR count). The fourth-order valence-electron chi connectivity index (χ4n) is 4.18. The van der Waals surface area contributed by atoms with Crippen LogP contribution >= 0.6 is 23.2 Å². The van der Waals surface area contributed by atoms with Gasteiger partial charge < -0.3 is 4.98 Å². The first-order valence-corrected chi connectivity index (χ1v) is 13.3. The molecule has 1 atom stereocenters. The second kappa shape index (κ2) is 9.48. The second-order valence-corrected chi connectivity index (χ2v) is 11.1. The minimum atomic E-state index is -4.06. The number of H-pyrrole nitrogens is 1. The Labute approximate surface area is 217 Å². The summed E-state index contributed by atoms with van der Waals surface area (Å²) >= 11 is 12.9. The summed E-state index contributed by atoms with van der Waals surface area (Å²) in [5.41, 5.74) is 3.61. The number of carbonyl (C=O) groups is 1. The molecule has 36 heavy (non-hydrogen) atoms. The molecule has 1 aliphatic rings. The summed E-state index contributed by atoms with van der Waals surface area (Å²) in [7, 11) is -4.06. The Morgan fingerprint density at radius 3 is 2.61 bits per heavy atom. The van der Waals surface area contributed by atoms with Gasteiger partial charge in [-0.2, -0.15) is 12.7 Å². The van der Waals surface area contributed by atoms with Gasteiger partial charge in [0.15, 0.2) is 5.78 Å². The number of nitrogens with zero attached hydrogens (tertiary/aromatic N) is 2. The van der Waals surface area contributed by atoms with Crippen molar-refractivity contribution in [2.75, 3.05) is 17.8 Å². The van der Waals surface area contributed by atoms with Crippen LogP contribution in [0, 0.1) is 6.92 Å². The van der Waals surface area contributed by atoms with Crippen molar-refractivity contribution in [1.29, 1.82) is 0 Å². The van der Waals surface area contributed by atoms with Crippen LogP contribution in [0.5, 0.6) is 0 Å². The summed E-state index contributed by atoms with van der Waals surface area (Å²) in [6.45, 7) is 1.82. The van der Waals surface area contributed by atoms with Gasteiger partial charge in [0.2, 0.25) is 0 Å². The number of anilines is 1. The van der Waals surface area contributed by atoms with Crippen LogP contribution in [0.1, 0.15) is 27.9 Å². The van der Waals surface area contributed by atoms with Gasteiger partial charge in [0, 0.05) is 42.0 Å². The molecule has 1 fully saturated rings. The van der Waals surface area contributed by atoms with E-state index in [9.17, 15) is 17.6 Å². The van der Waals surface area contributed by atoms with Crippen LogP contribution in [0.2, 0.25) is 10.0 Å². The Morgan fingerprint density at radius 2 is 1.92 bits per heavy atom. The highest BCUT2D eigenvalue weighted by molar-refractivity contribution is 7.90. The molecule has 2 aromatic carbocycles. The zero-order chi connectivity index (χ0) is 25.6. The molecule has 3 heterocycles. The molecule has 2 aromatic heterocycles. The van der Waals surface area contributed by atoms with Gasteiger partial charge in [-0.3, -0.25) is 9.52 Å². The Bertz CT molecular complexity index is 1590. The molecule has 7 nitrogen and oxygen atoms in total. The number of aryl methyl sites for hydroxylation is 1. The van der Waals surface area contributed by atoms with E-state index in [1.54, 1.807) is 6.20 Å². The number of fused-ring (bicyclic) bond motifs is 1. The lowest BCUT2D eigenvalue weighted by Gasteiger charge is -2.18. The highest BCUT2D eigenvalue weighted by atomic mass is 35.5. The molecule has 4 aromatic rings. The second-order valence-electron chi connectivity index (χ2n) is 8.65. The fraction of sp³-hybridized carbons (Fsp3) is 0.200. The number of carbonyl (C=O) groups excluding carboxylic acids is 1. The first-order chi connectivity index (χ1) is 17.1. The van der Waals surface area contributed by atoms with E-state index in [2.05, 4.69) is 14.7 Å². The predicted octanol–water partition coefficient (Wildman–Crippen LogP) is 5.78. The number of ketones is 1. The lowest BCUT2D eigenvalue weighted by molar-refractivity contribution is 0.104. The summed E-state index contributed by atoms with van der Waals surface area (Å²) < 4.78 is 42.4. The van der Waals surface area contributed by atoms with Gasteiger partial charge in [0.25, 0.3) is 0 Å². The molecule has 0 amide bonds. The van der Waals surface area contributed by atoms with Crippen LogP contribution in [0.4, 0.5) is 10.1 Å². The van der Waals surface area contributed by atoms with Crippen LogP contribution in [0.3, 0.4) is 0 Å². The molecular formula is C25H21Cl2FN4O3S. The number of alkyl halides is 1. The number of rotatable bonds is 6. The first-order valence-electron chi connectivity index (χ1n) is 11.1. The van der Waals surface area contributed by atoms with E-state index in [4.69, 9.17) is 23.2 Å². The summed E-state index contributed by atoms with van der Waals surface area (Å²) in [4.78, 5) is 21.0. The number of nitrogens with one attached hydrogen (secondary N) is 2. The maximum absolute atomic E-state index is 13.6. The van der Waals surface area contributed by atoms with E-state index in [-0.39, 0.29) is 46.4 Å². The van der Waals surface area contributed by atoms with E-state index in [1.165, 1.54) is 18.3 Å². The summed E-state index contributed by atoms with van der Waals surface area (Å²) in [6.07, 6.45) is 2.14. The zero-order valence-electron chi connectivity index (χ0n) is 19.1. The molecule has 1 saturated heterocycles. The number of aromatic amines is 1. The molecular weight excluding hydrogens is 526 g/mol. The minimum absolute atomic E-state index is 0.0231. The average Bonchev–Trinajstić information content (AvgIpc) is 3.48. The highest BCUT2D eigenvalue weighted by Crippen LogP contribution is 2.36. The molecule has 0 saturated carbocycles. The van der Waals surface area contributed by atoms with Crippen molar-refractivity contribution in [3.63, 3.8) is 0 Å². The molecule has 11 heteroatoms. The van der Waals surface area contributed by atoms with Crippen LogP contribution < -0.4 is 4.72 Å². The van der Waals surface area contributed by atoms with Crippen molar-refractivity contribution in [2.45, 2.75) is 19.5 Å². The maximum Gasteiger partial charge on any atom is 0.301 e. The van der Waals surface area contributed by atoms with Gasteiger partial charge in [-0.1, -0.05) is 53.0 Å². The Hall–Kier alpha value is -2.98. The lowest BCUT2D eigenvalue weighted by Crippen LogP contribution is -2.34. The van der Waals surface area contributed by atoms with Crippen molar-refractivity contribution >= 4 is 55.9 Å². The third kappa shape index (κ3) is 4.59. The Kier molecular flexibility index (Phi) is 6.50. The molecule has 0 bridgehead atoms. The monoisotopic (exact) mass is 546 g/mol. The van der Waals surface area contributed by atoms with Gasteiger partial charge >= 0.3 is 10.2 Å². The smallest absolute Gasteiger partial charge is 0.301 e. The third-order valence-corrected chi connectivity index (χ3v) is 8.35. The van der Waals surface area contributed by atoms with E-state index >= 15 is 0 Å². The van der Waals surface area contributed by atoms with Gasteiger partial charge in [-0.05, 0) is 37.1 Å². The predicted molar refractivity (Wildman–Crippen MR) is 140 cm³/mol. The van der Waals surface area contributed by atoms with Crippen molar-refractivity contribution in [3.05, 3.63) is 81.6 Å².